The molecule has 0 radical (unpaired) electrons. The van der Waals surface area contributed by atoms with Gasteiger partial charge in [0, 0.05) is 47.4 Å². The van der Waals surface area contributed by atoms with Gasteiger partial charge in [-0.15, -0.1) is 0 Å². The van der Waals surface area contributed by atoms with Gasteiger partial charge in [0.2, 0.25) is 0 Å². The van der Waals surface area contributed by atoms with E-state index in [1.165, 1.54) is 5.56 Å². The summed E-state index contributed by atoms with van der Waals surface area (Å²) in [6, 6.07) is 12.9. The Bertz CT molecular complexity index is 920. The molecule has 2 aliphatic heterocycles. The first-order chi connectivity index (χ1) is 13.9. The highest BCUT2D eigenvalue weighted by Crippen LogP contribution is 2.28. The zero-order valence-electron chi connectivity index (χ0n) is 17.7. The van der Waals surface area contributed by atoms with Crippen molar-refractivity contribution in [3.8, 4) is 0 Å². The molecule has 0 aliphatic carbocycles. The summed E-state index contributed by atoms with van der Waals surface area (Å²) in [7, 11) is 0. The molecule has 0 fully saturated rings. The van der Waals surface area contributed by atoms with Crippen LogP contribution in [-0.2, 0) is 0 Å². The van der Waals surface area contributed by atoms with E-state index in [0.717, 1.165) is 53.0 Å². The minimum Gasteiger partial charge on any atom is -0.411 e. The fourth-order valence-corrected chi connectivity index (χ4v) is 3.84. The van der Waals surface area contributed by atoms with Crippen LogP contribution in [0, 0.1) is 13.8 Å². The minimum absolute atomic E-state index is 0.273. The molecular weight excluding hydrogens is 362 g/mol. The molecule has 29 heavy (non-hydrogen) atoms. The first-order valence-corrected chi connectivity index (χ1v) is 10.4. The van der Waals surface area contributed by atoms with E-state index in [9.17, 15) is 4.79 Å². The number of benzene rings is 2. The van der Waals surface area contributed by atoms with Crippen LogP contribution in [0.4, 0.5) is 11.4 Å². The van der Waals surface area contributed by atoms with Gasteiger partial charge < -0.3 is 15.8 Å². The van der Waals surface area contributed by atoms with Crippen molar-refractivity contribution in [1.29, 1.82) is 0 Å². The van der Waals surface area contributed by atoms with Crippen LogP contribution in [0.1, 0.15) is 66.6 Å². The second-order valence-corrected chi connectivity index (χ2v) is 7.98. The molecule has 5 nitrogen and oxygen atoms in total. The number of hydrogen-bond donors (Lipinski definition) is 3. The van der Waals surface area contributed by atoms with Gasteiger partial charge in [0.25, 0.3) is 0 Å². The molecule has 0 unspecified atom stereocenters. The molecule has 154 valence electrons. The van der Waals surface area contributed by atoms with E-state index < -0.39 is 0 Å². The summed E-state index contributed by atoms with van der Waals surface area (Å²) in [5.74, 6) is 0.273. The zero-order valence-corrected chi connectivity index (χ0v) is 17.7. The average molecular weight is 394 g/mol. The Balaban J connectivity index is 0.000000166. The lowest BCUT2D eigenvalue weighted by Crippen LogP contribution is -2.29. The van der Waals surface area contributed by atoms with Gasteiger partial charge in [0.15, 0.2) is 5.78 Å². The number of hydrogen-bond acceptors (Lipinski definition) is 5. The van der Waals surface area contributed by atoms with Crippen LogP contribution in [0.15, 0.2) is 41.6 Å². The second-order valence-electron chi connectivity index (χ2n) is 7.98. The van der Waals surface area contributed by atoms with Crippen molar-refractivity contribution in [2.24, 2.45) is 5.16 Å². The van der Waals surface area contributed by atoms with Crippen LogP contribution in [0.25, 0.3) is 0 Å². The van der Waals surface area contributed by atoms with E-state index in [4.69, 9.17) is 5.21 Å². The number of ketones is 1. The number of fused-ring (bicyclic) bond motifs is 2. The topological polar surface area (TPSA) is 73.7 Å². The van der Waals surface area contributed by atoms with Crippen molar-refractivity contribution >= 4 is 22.9 Å². The van der Waals surface area contributed by atoms with E-state index >= 15 is 0 Å². The molecule has 2 atom stereocenters. The first-order valence-electron chi connectivity index (χ1n) is 10.4. The Kier molecular flexibility index (Phi) is 6.57. The SMILES string of the molecule is CC[C@@H]1C/C(=N\O)c2cc(C)ccc2N1.CC[C@@H]1CC(=O)c2cc(C)ccc2N1. The molecule has 0 spiro atoms. The van der Waals surface area contributed by atoms with Gasteiger partial charge in [-0.2, -0.15) is 0 Å². The number of rotatable bonds is 2. The maximum atomic E-state index is 11.8. The molecule has 2 aliphatic rings. The van der Waals surface area contributed by atoms with Gasteiger partial charge >= 0.3 is 0 Å². The summed E-state index contributed by atoms with van der Waals surface area (Å²) in [6.07, 6.45) is 3.46. The highest BCUT2D eigenvalue weighted by Gasteiger charge is 2.23. The van der Waals surface area contributed by atoms with Gasteiger partial charge in [-0.25, -0.2) is 0 Å². The highest BCUT2D eigenvalue weighted by atomic mass is 16.4. The van der Waals surface area contributed by atoms with Gasteiger partial charge in [-0.1, -0.05) is 42.3 Å². The van der Waals surface area contributed by atoms with E-state index in [-0.39, 0.29) is 5.78 Å². The monoisotopic (exact) mass is 393 g/mol. The largest absolute Gasteiger partial charge is 0.411 e. The number of anilines is 2. The summed E-state index contributed by atoms with van der Waals surface area (Å²) in [4.78, 5) is 11.8. The molecule has 0 saturated heterocycles. The molecule has 2 aromatic carbocycles. The number of oxime groups is 1. The summed E-state index contributed by atoms with van der Waals surface area (Å²) in [5, 5.41) is 19.2. The van der Waals surface area contributed by atoms with Crippen LogP contribution in [0.2, 0.25) is 0 Å². The van der Waals surface area contributed by atoms with Crippen LogP contribution >= 0.6 is 0 Å². The van der Waals surface area contributed by atoms with Crippen molar-refractivity contribution in [1.82, 2.24) is 0 Å². The lowest BCUT2D eigenvalue weighted by Gasteiger charge is -2.26. The Morgan fingerprint density at radius 3 is 1.97 bits per heavy atom. The molecule has 0 bridgehead atoms. The summed E-state index contributed by atoms with van der Waals surface area (Å²) in [6.45, 7) is 8.29. The summed E-state index contributed by atoms with van der Waals surface area (Å²) in [5.41, 5.74) is 7.09. The quantitative estimate of drug-likeness (QED) is 0.463. The molecule has 3 N–H and O–H groups in total. The third-order valence-corrected chi connectivity index (χ3v) is 5.66. The van der Waals surface area contributed by atoms with Crippen molar-refractivity contribution in [2.45, 2.75) is 65.5 Å². The third-order valence-electron chi connectivity index (χ3n) is 5.66. The fourth-order valence-electron chi connectivity index (χ4n) is 3.84. The molecule has 0 aromatic heterocycles. The number of nitrogens with one attached hydrogen (secondary N) is 2. The van der Waals surface area contributed by atoms with Crippen LogP contribution in [0.3, 0.4) is 0 Å². The molecule has 0 amide bonds. The average Bonchev–Trinajstić information content (AvgIpc) is 2.73. The Morgan fingerprint density at radius 2 is 1.41 bits per heavy atom. The minimum atomic E-state index is 0.273. The summed E-state index contributed by atoms with van der Waals surface area (Å²) < 4.78 is 0. The Hall–Kier alpha value is -2.82. The lowest BCUT2D eigenvalue weighted by atomic mass is 9.93. The van der Waals surface area contributed by atoms with Crippen LogP contribution in [0.5, 0.6) is 0 Å². The van der Waals surface area contributed by atoms with Crippen molar-refractivity contribution < 1.29 is 10.0 Å². The number of nitrogens with zero attached hydrogens (tertiary/aromatic N) is 1. The maximum absolute atomic E-state index is 11.8. The molecule has 4 rings (SSSR count). The predicted octanol–water partition coefficient (Wildman–Crippen LogP) is 5.54. The first kappa shape index (κ1) is 20.9. The van der Waals surface area contributed by atoms with Crippen LogP contribution < -0.4 is 10.6 Å². The molecule has 2 heterocycles. The van der Waals surface area contributed by atoms with Crippen molar-refractivity contribution in [2.75, 3.05) is 10.6 Å². The van der Waals surface area contributed by atoms with Gasteiger partial charge in [-0.3, -0.25) is 4.79 Å². The molecule has 5 heteroatoms. The van der Waals surface area contributed by atoms with Gasteiger partial charge in [0.05, 0.1) is 5.71 Å². The summed E-state index contributed by atoms with van der Waals surface area (Å²) >= 11 is 0. The predicted molar refractivity (Wildman–Crippen MR) is 120 cm³/mol. The molecule has 2 aromatic rings. The fraction of sp³-hybridized carbons (Fsp3) is 0.417. The lowest BCUT2D eigenvalue weighted by molar-refractivity contribution is 0.0971. The van der Waals surface area contributed by atoms with Gasteiger partial charge in [0.1, 0.15) is 0 Å². The normalized spacial score (nSPS) is 21.2. The number of carbonyl (C=O) groups is 1. The molecule has 0 saturated carbocycles. The van der Waals surface area contributed by atoms with Crippen molar-refractivity contribution in [3.05, 3.63) is 58.7 Å². The third kappa shape index (κ3) is 4.78. The maximum Gasteiger partial charge on any atom is 0.167 e. The van der Waals surface area contributed by atoms with E-state index in [2.05, 4.69) is 47.8 Å². The Morgan fingerprint density at radius 1 is 0.897 bits per heavy atom. The highest BCUT2D eigenvalue weighted by molar-refractivity contribution is 6.07. The van der Waals surface area contributed by atoms with Crippen LogP contribution in [-0.4, -0.2) is 28.8 Å². The molecular formula is C24H31N3O2. The second kappa shape index (κ2) is 9.12. The Labute approximate surface area is 173 Å². The van der Waals surface area contributed by atoms with Gasteiger partial charge in [-0.05, 0) is 51.0 Å². The number of aryl methyl sites for hydroxylation is 2. The smallest absolute Gasteiger partial charge is 0.167 e. The van der Waals surface area contributed by atoms with Crippen molar-refractivity contribution in [3.63, 3.8) is 0 Å². The van der Waals surface area contributed by atoms with E-state index in [0.29, 0.717) is 18.5 Å². The van der Waals surface area contributed by atoms with E-state index in [1.54, 1.807) is 0 Å². The zero-order chi connectivity index (χ0) is 21.0. The van der Waals surface area contributed by atoms with E-state index in [1.807, 2.05) is 32.0 Å². The standard InChI is InChI=1S/C12H16N2O.C12H15NO/c1-3-9-7-12(14-15)10-6-8(2)4-5-11(10)13-9;1-3-9-7-12(14)10-6-8(2)4-5-11(10)13-9/h4-6,9,13,15H,3,7H2,1-2H3;4-6,9,13H,3,7H2,1-2H3/b14-12+;/t2*9-/m11/s1. The number of Topliss-reactive ketones (excluding diaryl/α,β-unsaturated/α-hetero) is 1. The number of carbonyl (C=O) groups excluding carboxylic acids is 1.